The van der Waals surface area contributed by atoms with E-state index in [1.165, 1.54) is 0 Å². The summed E-state index contributed by atoms with van der Waals surface area (Å²) in [5.41, 5.74) is 0.0330. The molecule has 0 aliphatic heterocycles. The van der Waals surface area contributed by atoms with Gasteiger partial charge in [0.05, 0.1) is 12.8 Å². The molecular formula is C16H19ClN2O5S. The monoisotopic (exact) mass is 386 g/mol. The van der Waals surface area contributed by atoms with Crippen LogP contribution in [-0.4, -0.2) is 37.3 Å². The van der Waals surface area contributed by atoms with Crippen LogP contribution in [0.4, 0.5) is 0 Å². The second-order valence-corrected chi connectivity index (χ2v) is 7.05. The Hall–Kier alpha value is -2.19. The van der Waals surface area contributed by atoms with Gasteiger partial charge in [0.2, 0.25) is 15.0 Å². The van der Waals surface area contributed by atoms with Gasteiger partial charge in [-0.2, -0.15) is 0 Å². The van der Waals surface area contributed by atoms with E-state index in [4.69, 9.17) is 11.6 Å². The summed E-state index contributed by atoms with van der Waals surface area (Å²) >= 11 is 5.80. The predicted molar refractivity (Wildman–Crippen MR) is 95.4 cm³/mol. The highest BCUT2D eigenvalue weighted by Crippen LogP contribution is 2.20. The van der Waals surface area contributed by atoms with Gasteiger partial charge in [-0.1, -0.05) is 37.6 Å². The summed E-state index contributed by atoms with van der Waals surface area (Å²) in [5, 5.41) is -0.00327. The fourth-order valence-electron chi connectivity index (χ4n) is 1.88. The van der Waals surface area contributed by atoms with E-state index in [9.17, 15) is 18.0 Å². The molecule has 0 spiro atoms. The van der Waals surface area contributed by atoms with Gasteiger partial charge < -0.3 is 4.74 Å². The minimum Gasteiger partial charge on any atom is -0.468 e. The third-order valence-corrected chi connectivity index (χ3v) is 4.19. The van der Waals surface area contributed by atoms with Gasteiger partial charge in [-0.3, -0.25) is 14.2 Å². The summed E-state index contributed by atoms with van der Waals surface area (Å²) in [7, 11) is -2.69. The van der Waals surface area contributed by atoms with Crippen molar-refractivity contribution in [3.63, 3.8) is 0 Å². The average molecular weight is 387 g/mol. The van der Waals surface area contributed by atoms with Gasteiger partial charge in [0.1, 0.15) is 6.54 Å². The lowest BCUT2D eigenvalue weighted by Crippen LogP contribution is -2.30. The first-order valence-electron chi connectivity index (χ1n) is 7.37. The number of esters is 1. The van der Waals surface area contributed by atoms with Gasteiger partial charge in [0, 0.05) is 22.9 Å². The quantitative estimate of drug-likeness (QED) is 0.590. The smallest absolute Gasteiger partial charge is 0.325 e. The largest absolute Gasteiger partial charge is 0.468 e. The summed E-state index contributed by atoms with van der Waals surface area (Å²) in [6, 6.07) is 7.57. The van der Waals surface area contributed by atoms with E-state index in [2.05, 4.69) is 9.72 Å². The first-order valence-corrected chi connectivity index (χ1v) is 9.64. The number of halogens is 1. The van der Waals surface area contributed by atoms with Crippen LogP contribution >= 0.6 is 11.6 Å². The summed E-state index contributed by atoms with van der Waals surface area (Å²) in [6.45, 7) is 3.46. The van der Waals surface area contributed by atoms with Gasteiger partial charge in [0.15, 0.2) is 0 Å². The molecule has 9 heteroatoms. The first kappa shape index (κ1) is 20.9. The normalized spacial score (nSPS) is 10.6. The number of rotatable bonds is 4. The van der Waals surface area contributed by atoms with Crippen molar-refractivity contribution in [2.75, 3.05) is 13.4 Å². The number of carbonyl (C=O) groups excluding carboxylic acids is 1. The van der Waals surface area contributed by atoms with Crippen molar-refractivity contribution in [3.8, 4) is 11.3 Å². The van der Waals surface area contributed by atoms with Gasteiger partial charge in [-0.05, 0) is 12.1 Å². The van der Waals surface area contributed by atoms with E-state index in [1.54, 1.807) is 24.3 Å². The van der Waals surface area contributed by atoms with E-state index >= 15 is 0 Å². The molecule has 0 saturated carbocycles. The number of nitrogens with zero attached hydrogens (tertiary/aromatic N) is 2. The number of hydrogen-bond donors (Lipinski definition) is 0. The molecular weight excluding hydrogens is 368 g/mol. The Morgan fingerprint density at radius 3 is 2.28 bits per heavy atom. The van der Waals surface area contributed by atoms with Crippen molar-refractivity contribution in [1.29, 1.82) is 0 Å². The molecule has 2 aromatic rings. The Labute approximate surface area is 151 Å². The minimum atomic E-state index is -3.83. The van der Waals surface area contributed by atoms with Gasteiger partial charge in [0.25, 0.3) is 5.56 Å². The fraction of sp³-hybridized carbons (Fsp3) is 0.312. The number of hydrogen-bond acceptors (Lipinski definition) is 6. The summed E-state index contributed by atoms with van der Waals surface area (Å²) in [5.74, 6) is -0.752. The Morgan fingerprint density at radius 2 is 1.80 bits per heavy atom. The highest BCUT2D eigenvalue weighted by atomic mass is 35.5. The van der Waals surface area contributed by atoms with Crippen molar-refractivity contribution in [3.05, 3.63) is 45.7 Å². The molecule has 0 N–H and O–H groups in total. The molecule has 7 nitrogen and oxygen atoms in total. The van der Waals surface area contributed by atoms with Crippen molar-refractivity contribution in [2.24, 2.45) is 0 Å². The lowest BCUT2D eigenvalue weighted by atomic mass is 10.1. The molecule has 0 aliphatic rings. The Balaban J connectivity index is 0.00000151. The van der Waals surface area contributed by atoms with E-state index < -0.39 is 33.1 Å². The van der Waals surface area contributed by atoms with Crippen molar-refractivity contribution in [2.45, 2.75) is 25.5 Å². The zero-order valence-corrected chi connectivity index (χ0v) is 15.9. The summed E-state index contributed by atoms with van der Waals surface area (Å²) in [6.07, 6.45) is 0.911. The van der Waals surface area contributed by atoms with Gasteiger partial charge in [-0.15, -0.1) is 0 Å². The van der Waals surface area contributed by atoms with E-state index in [0.717, 1.165) is 24.0 Å². The highest BCUT2D eigenvalue weighted by Gasteiger charge is 2.20. The molecule has 1 aromatic carbocycles. The van der Waals surface area contributed by atoms with Gasteiger partial charge >= 0.3 is 5.97 Å². The highest BCUT2D eigenvalue weighted by molar-refractivity contribution is 7.90. The van der Waals surface area contributed by atoms with Crippen LogP contribution in [0.15, 0.2) is 40.3 Å². The SMILES string of the molecule is CC.COC(=O)Cn1c(S(C)(=O)=O)nc(-c2ccc(Cl)cc2)cc1=O. The molecule has 2 rings (SSSR count). The zero-order chi connectivity index (χ0) is 19.2. The van der Waals surface area contributed by atoms with Crippen LogP contribution in [0.1, 0.15) is 13.8 Å². The first-order chi connectivity index (χ1) is 11.7. The topological polar surface area (TPSA) is 95.3 Å². The Kier molecular flexibility index (Phi) is 7.32. The number of carbonyl (C=O) groups is 1. The molecule has 0 bridgehead atoms. The molecule has 1 aromatic heterocycles. The molecule has 25 heavy (non-hydrogen) atoms. The lowest BCUT2D eigenvalue weighted by Gasteiger charge is -2.11. The third kappa shape index (κ3) is 5.40. The molecule has 0 aliphatic carbocycles. The Morgan fingerprint density at radius 1 is 1.24 bits per heavy atom. The maximum atomic E-state index is 12.2. The number of sulfone groups is 1. The molecule has 0 atom stereocenters. The van der Waals surface area contributed by atoms with Crippen molar-refractivity contribution >= 4 is 27.4 Å². The van der Waals surface area contributed by atoms with E-state index in [0.29, 0.717) is 10.6 Å². The fourth-order valence-corrected chi connectivity index (χ4v) is 2.82. The summed E-state index contributed by atoms with van der Waals surface area (Å²) < 4.78 is 29.1. The van der Waals surface area contributed by atoms with Crippen LogP contribution in [0, 0.1) is 0 Å². The van der Waals surface area contributed by atoms with Crippen molar-refractivity contribution in [1.82, 2.24) is 9.55 Å². The maximum absolute atomic E-state index is 12.2. The van der Waals surface area contributed by atoms with Gasteiger partial charge in [-0.25, -0.2) is 13.4 Å². The van der Waals surface area contributed by atoms with Crippen molar-refractivity contribution < 1.29 is 17.9 Å². The molecule has 0 radical (unpaired) electrons. The van der Waals surface area contributed by atoms with E-state index in [-0.39, 0.29) is 5.69 Å². The number of ether oxygens (including phenoxy) is 1. The van der Waals surface area contributed by atoms with Crippen LogP contribution in [0.3, 0.4) is 0 Å². The molecule has 0 saturated heterocycles. The standard InChI is InChI=1S/C14H13ClN2O5S.C2H6/c1-22-13(19)8-17-12(18)7-11(16-14(17)23(2,20)21)9-3-5-10(15)6-4-9;1-2/h3-7H,8H2,1-2H3;1-2H3. The van der Waals surface area contributed by atoms with Crippen LogP contribution < -0.4 is 5.56 Å². The van der Waals surface area contributed by atoms with Crippen LogP contribution in [0.2, 0.25) is 5.02 Å². The molecule has 0 amide bonds. The number of benzene rings is 1. The average Bonchev–Trinajstić information content (AvgIpc) is 2.57. The van der Waals surface area contributed by atoms with Crippen LogP contribution in [-0.2, 0) is 25.9 Å². The lowest BCUT2D eigenvalue weighted by molar-refractivity contribution is -0.141. The molecule has 1 heterocycles. The number of methoxy groups -OCH3 is 1. The second-order valence-electron chi connectivity index (χ2n) is 4.70. The van der Waals surface area contributed by atoms with Crippen LogP contribution in [0.25, 0.3) is 11.3 Å². The zero-order valence-electron chi connectivity index (χ0n) is 14.3. The number of aromatic nitrogens is 2. The predicted octanol–water partition coefficient (Wildman–Crippen LogP) is 2.17. The molecule has 0 fully saturated rings. The maximum Gasteiger partial charge on any atom is 0.325 e. The summed E-state index contributed by atoms with van der Waals surface area (Å²) in [4.78, 5) is 27.6. The minimum absolute atomic E-state index is 0.174. The third-order valence-electron chi connectivity index (χ3n) is 2.96. The van der Waals surface area contributed by atoms with Crippen LogP contribution in [0.5, 0.6) is 0 Å². The molecule has 0 unspecified atom stereocenters. The second kappa shape index (κ2) is 8.77. The molecule has 136 valence electrons. The Bertz CT molecular complexity index is 905. The van der Waals surface area contributed by atoms with E-state index in [1.807, 2.05) is 13.8 Å².